The Morgan fingerprint density at radius 2 is 2.23 bits per heavy atom. The molecule has 0 amide bonds. The fourth-order valence-corrected chi connectivity index (χ4v) is 4.27. The standard InChI is InChI=1S/C16H17ClN4O5/c1-25-10-2-8(17)7-3-21(13-11(7)12(20-10)18-6-19-13)14-16(24)5-15(16,23)9(4-22)26-14/h2-3,6,9-10,14,22-24H,4-5H2,1H3,(H,18,19,20)/t9-,10?,14-,15+,16+/m1/s1. The van der Waals surface area contributed by atoms with Crippen LogP contribution in [0.2, 0.25) is 0 Å². The smallest absolute Gasteiger partial charge is 0.167 e. The summed E-state index contributed by atoms with van der Waals surface area (Å²) in [4.78, 5) is 8.58. The number of nitrogens with one attached hydrogen (secondary N) is 1. The van der Waals surface area contributed by atoms with Crippen LogP contribution in [0.1, 0.15) is 18.2 Å². The molecule has 138 valence electrons. The summed E-state index contributed by atoms with van der Waals surface area (Å²) in [5.74, 6) is 0.539. The highest BCUT2D eigenvalue weighted by Gasteiger charge is 2.80. The van der Waals surface area contributed by atoms with Gasteiger partial charge in [-0.25, -0.2) is 9.97 Å². The molecule has 0 radical (unpaired) electrons. The second-order valence-corrected chi connectivity index (χ2v) is 7.28. The number of anilines is 1. The highest BCUT2D eigenvalue weighted by atomic mass is 35.5. The number of hydrogen-bond acceptors (Lipinski definition) is 8. The maximum atomic E-state index is 10.8. The van der Waals surface area contributed by atoms with Crippen LogP contribution in [-0.2, 0) is 9.47 Å². The number of aliphatic hydroxyl groups excluding tert-OH is 1. The highest BCUT2D eigenvalue weighted by molar-refractivity contribution is 6.50. The van der Waals surface area contributed by atoms with E-state index in [-0.39, 0.29) is 13.0 Å². The molecule has 9 nitrogen and oxygen atoms in total. The van der Waals surface area contributed by atoms with Crippen LogP contribution in [0.4, 0.5) is 5.82 Å². The Bertz CT molecular complexity index is 948. The van der Waals surface area contributed by atoms with E-state index < -0.39 is 29.8 Å². The maximum Gasteiger partial charge on any atom is 0.167 e. The van der Waals surface area contributed by atoms with Gasteiger partial charge >= 0.3 is 0 Å². The molecular formula is C16H17ClN4O5. The van der Waals surface area contributed by atoms with Crippen molar-refractivity contribution in [1.82, 2.24) is 14.5 Å². The summed E-state index contributed by atoms with van der Waals surface area (Å²) < 4.78 is 12.7. The fourth-order valence-electron chi connectivity index (χ4n) is 4.01. The second-order valence-electron chi connectivity index (χ2n) is 6.87. The normalized spacial score (nSPS) is 37.9. The van der Waals surface area contributed by atoms with Crippen LogP contribution < -0.4 is 5.32 Å². The lowest BCUT2D eigenvalue weighted by Gasteiger charge is -2.21. The molecular weight excluding hydrogens is 364 g/mol. The van der Waals surface area contributed by atoms with Gasteiger partial charge in [-0.3, -0.25) is 0 Å². The number of aliphatic hydroxyl groups is 3. The van der Waals surface area contributed by atoms with E-state index in [0.717, 1.165) is 0 Å². The van der Waals surface area contributed by atoms with E-state index in [2.05, 4.69) is 15.3 Å². The number of rotatable bonds is 3. The molecule has 0 spiro atoms. The van der Waals surface area contributed by atoms with Crippen LogP contribution in [0.3, 0.4) is 0 Å². The topological polar surface area (TPSA) is 122 Å². The quantitative estimate of drug-likeness (QED) is 0.594. The molecule has 2 aromatic rings. The molecule has 0 aromatic carbocycles. The van der Waals surface area contributed by atoms with E-state index in [1.807, 2.05) is 0 Å². The third-order valence-electron chi connectivity index (χ3n) is 5.51. The summed E-state index contributed by atoms with van der Waals surface area (Å²) in [6.07, 6.45) is 2.72. The van der Waals surface area contributed by atoms with E-state index >= 15 is 0 Å². The zero-order valence-corrected chi connectivity index (χ0v) is 14.5. The molecule has 26 heavy (non-hydrogen) atoms. The molecule has 4 heterocycles. The van der Waals surface area contributed by atoms with Crippen molar-refractivity contribution in [3.63, 3.8) is 0 Å². The van der Waals surface area contributed by atoms with Gasteiger partial charge < -0.3 is 34.7 Å². The Kier molecular flexibility index (Phi) is 3.26. The minimum Gasteiger partial charge on any atom is -0.394 e. The average Bonchev–Trinajstić information content (AvgIpc) is 2.95. The van der Waals surface area contributed by atoms with Gasteiger partial charge in [0.25, 0.3) is 0 Å². The lowest BCUT2D eigenvalue weighted by molar-refractivity contribution is -0.0936. The van der Waals surface area contributed by atoms with Gasteiger partial charge in [-0.05, 0) is 6.08 Å². The summed E-state index contributed by atoms with van der Waals surface area (Å²) in [5.41, 5.74) is -1.80. The van der Waals surface area contributed by atoms with Crippen molar-refractivity contribution < 1.29 is 24.8 Å². The molecule has 2 aliphatic heterocycles. The molecule has 1 saturated heterocycles. The van der Waals surface area contributed by atoms with Crippen LogP contribution in [0.5, 0.6) is 0 Å². The predicted octanol–water partition coefficient (Wildman–Crippen LogP) is 0.165. The molecule has 2 aromatic heterocycles. The van der Waals surface area contributed by atoms with Gasteiger partial charge in [0.05, 0.1) is 17.0 Å². The summed E-state index contributed by atoms with van der Waals surface area (Å²) in [7, 11) is 1.55. The van der Waals surface area contributed by atoms with E-state index in [1.54, 1.807) is 23.9 Å². The monoisotopic (exact) mass is 380 g/mol. The highest BCUT2D eigenvalue weighted by Crippen LogP contribution is 2.63. The second kappa shape index (κ2) is 5.16. The van der Waals surface area contributed by atoms with Gasteiger partial charge in [0.2, 0.25) is 0 Å². The first-order valence-corrected chi connectivity index (χ1v) is 8.54. The van der Waals surface area contributed by atoms with Crippen LogP contribution in [0.15, 0.2) is 18.6 Å². The molecule has 10 heteroatoms. The maximum absolute atomic E-state index is 10.8. The van der Waals surface area contributed by atoms with Gasteiger partial charge in [0, 0.05) is 25.3 Å². The van der Waals surface area contributed by atoms with Gasteiger partial charge in [-0.1, -0.05) is 11.6 Å². The van der Waals surface area contributed by atoms with E-state index in [4.69, 9.17) is 21.1 Å². The van der Waals surface area contributed by atoms with Crippen molar-refractivity contribution in [2.24, 2.45) is 0 Å². The first kappa shape index (κ1) is 16.4. The SMILES string of the molecule is COC1C=C(Cl)c2cn([C@@H]3O[C@H](CO)[C@@]4(O)C[C@]34O)c3ncnc(c23)N1. The Hall–Kier alpha value is -1.75. The lowest BCUT2D eigenvalue weighted by atomic mass is 10.1. The van der Waals surface area contributed by atoms with E-state index in [1.165, 1.54) is 6.33 Å². The number of ether oxygens (including phenoxy) is 2. The van der Waals surface area contributed by atoms with Crippen molar-refractivity contribution in [1.29, 1.82) is 0 Å². The Labute approximate surface area is 152 Å². The summed E-state index contributed by atoms with van der Waals surface area (Å²) in [5, 5.41) is 35.1. The van der Waals surface area contributed by atoms with Crippen molar-refractivity contribution in [3.8, 4) is 0 Å². The third-order valence-corrected chi connectivity index (χ3v) is 5.84. The first-order chi connectivity index (χ1) is 12.4. The lowest BCUT2D eigenvalue weighted by Crippen LogP contribution is -2.33. The van der Waals surface area contributed by atoms with Gasteiger partial charge in [0.15, 0.2) is 6.23 Å². The molecule has 1 saturated carbocycles. The molecule has 3 aliphatic rings. The number of methoxy groups -OCH3 is 1. The minimum absolute atomic E-state index is 0.121. The molecule has 2 fully saturated rings. The summed E-state index contributed by atoms with van der Waals surface area (Å²) >= 11 is 6.46. The number of halogens is 1. The average molecular weight is 381 g/mol. The van der Waals surface area contributed by atoms with Crippen LogP contribution in [0.25, 0.3) is 16.1 Å². The molecule has 5 rings (SSSR count). The number of hydrogen-bond donors (Lipinski definition) is 4. The Balaban J connectivity index is 1.69. The summed E-state index contributed by atoms with van der Waals surface area (Å²) in [6, 6.07) is 0. The van der Waals surface area contributed by atoms with Crippen molar-refractivity contribution >= 4 is 33.5 Å². The number of aromatic nitrogens is 3. The number of nitrogens with zero attached hydrogens (tertiary/aromatic N) is 3. The van der Waals surface area contributed by atoms with Crippen LogP contribution in [-0.4, -0.2) is 67.1 Å². The third kappa shape index (κ3) is 1.87. The molecule has 1 unspecified atom stereocenters. The molecule has 1 aliphatic carbocycles. The Morgan fingerprint density at radius 1 is 1.42 bits per heavy atom. The van der Waals surface area contributed by atoms with Gasteiger partial charge in [-0.15, -0.1) is 0 Å². The van der Waals surface area contributed by atoms with Crippen LogP contribution in [0, 0.1) is 0 Å². The van der Waals surface area contributed by atoms with Gasteiger partial charge in [-0.2, -0.15) is 0 Å². The van der Waals surface area contributed by atoms with E-state index in [9.17, 15) is 15.3 Å². The predicted molar refractivity (Wildman–Crippen MR) is 91.3 cm³/mol. The fraction of sp³-hybridized carbons (Fsp3) is 0.500. The van der Waals surface area contributed by atoms with Crippen molar-refractivity contribution in [2.45, 2.75) is 36.2 Å². The molecule has 4 N–H and O–H groups in total. The summed E-state index contributed by atoms with van der Waals surface area (Å²) in [6.45, 7) is -0.390. The minimum atomic E-state index is -1.49. The first-order valence-electron chi connectivity index (χ1n) is 8.16. The molecule has 0 bridgehead atoms. The molecule has 5 atom stereocenters. The van der Waals surface area contributed by atoms with E-state index in [0.29, 0.717) is 27.4 Å². The van der Waals surface area contributed by atoms with Crippen LogP contribution >= 0.6 is 11.6 Å². The van der Waals surface area contributed by atoms with Crippen molar-refractivity contribution in [2.75, 3.05) is 19.0 Å². The van der Waals surface area contributed by atoms with Gasteiger partial charge in [0.1, 0.15) is 41.3 Å². The zero-order valence-electron chi connectivity index (χ0n) is 13.8. The Morgan fingerprint density at radius 3 is 2.92 bits per heavy atom. The largest absolute Gasteiger partial charge is 0.394 e. The number of fused-ring (bicyclic) bond motifs is 1. The van der Waals surface area contributed by atoms with Crippen molar-refractivity contribution in [3.05, 3.63) is 24.2 Å². The zero-order chi connectivity index (χ0) is 18.3.